The smallest absolute Gasteiger partial charge is 0.309 e. The summed E-state index contributed by atoms with van der Waals surface area (Å²) in [5.41, 5.74) is 3.76. The Balaban J connectivity index is 1.86. The van der Waals surface area contributed by atoms with Gasteiger partial charge < -0.3 is 14.8 Å². The van der Waals surface area contributed by atoms with Crippen molar-refractivity contribution in [1.29, 1.82) is 0 Å². The fourth-order valence-electron chi connectivity index (χ4n) is 2.23. The normalized spacial score (nSPS) is 10.1. The van der Waals surface area contributed by atoms with Gasteiger partial charge in [0.05, 0.1) is 13.5 Å². The number of ether oxygens (including phenoxy) is 2. The molecule has 0 spiro atoms. The number of carbonyl (C=O) groups is 2. The summed E-state index contributed by atoms with van der Waals surface area (Å²) < 4.78 is 10.1. The van der Waals surface area contributed by atoms with E-state index in [0.717, 1.165) is 22.4 Å². The first kappa shape index (κ1) is 17.5. The van der Waals surface area contributed by atoms with E-state index in [1.54, 1.807) is 24.3 Å². The molecule has 0 aromatic heterocycles. The van der Waals surface area contributed by atoms with Gasteiger partial charge in [0.15, 0.2) is 6.61 Å². The lowest BCUT2D eigenvalue weighted by molar-refractivity contribution is -0.139. The van der Waals surface area contributed by atoms with E-state index in [4.69, 9.17) is 4.74 Å². The Kier molecular flexibility index (Phi) is 5.95. The van der Waals surface area contributed by atoms with Gasteiger partial charge in [0, 0.05) is 5.69 Å². The second-order valence-electron chi connectivity index (χ2n) is 5.55. The molecular formula is C19H21NO4. The van der Waals surface area contributed by atoms with Crippen LogP contribution in [0, 0.1) is 13.8 Å². The van der Waals surface area contributed by atoms with E-state index in [9.17, 15) is 9.59 Å². The van der Waals surface area contributed by atoms with Crippen LogP contribution in [0.15, 0.2) is 42.5 Å². The number of esters is 1. The number of carbonyl (C=O) groups excluding carboxylic acids is 2. The minimum absolute atomic E-state index is 0.0797. The fourth-order valence-corrected chi connectivity index (χ4v) is 2.23. The van der Waals surface area contributed by atoms with Crippen LogP contribution in [-0.2, 0) is 20.7 Å². The Morgan fingerprint density at radius 2 is 1.75 bits per heavy atom. The molecule has 1 amide bonds. The third-order valence-corrected chi connectivity index (χ3v) is 3.53. The largest absolute Gasteiger partial charge is 0.484 e. The van der Waals surface area contributed by atoms with Crippen LogP contribution in [0.4, 0.5) is 5.69 Å². The molecule has 2 aromatic carbocycles. The predicted octanol–water partition coefficient (Wildman–Crippen LogP) is 3.04. The Labute approximate surface area is 141 Å². The van der Waals surface area contributed by atoms with Gasteiger partial charge in [-0.2, -0.15) is 0 Å². The van der Waals surface area contributed by atoms with Crippen LogP contribution in [0.25, 0.3) is 0 Å². The number of nitrogens with one attached hydrogen (secondary N) is 1. The standard InChI is InChI=1S/C19H21NO4/c1-13-4-9-17(14(2)10-13)20-18(21)12-24-16-7-5-15(6-8-16)11-19(22)23-3/h4-10H,11-12H2,1-3H3,(H,20,21). The van der Waals surface area contributed by atoms with E-state index in [1.165, 1.54) is 7.11 Å². The maximum absolute atomic E-state index is 12.0. The van der Waals surface area contributed by atoms with Crippen LogP contribution >= 0.6 is 0 Å². The number of amides is 1. The number of rotatable bonds is 6. The molecule has 0 atom stereocenters. The third kappa shape index (κ3) is 5.12. The van der Waals surface area contributed by atoms with E-state index in [-0.39, 0.29) is 24.9 Å². The molecule has 24 heavy (non-hydrogen) atoms. The number of anilines is 1. The fraction of sp³-hybridized carbons (Fsp3) is 0.263. The lowest BCUT2D eigenvalue weighted by Crippen LogP contribution is -2.20. The molecule has 0 heterocycles. The average molecular weight is 327 g/mol. The minimum atomic E-state index is -0.295. The highest BCUT2D eigenvalue weighted by Gasteiger charge is 2.07. The highest BCUT2D eigenvalue weighted by molar-refractivity contribution is 5.92. The monoisotopic (exact) mass is 327 g/mol. The first-order chi connectivity index (χ1) is 11.5. The zero-order valence-corrected chi connectivity index (χ0v) is 14.1. The van der Waals surface area contributed by atoms with Crippen molar-refractivity contribution < 1.29 is 19.1 Å². The molecule has 0 aliphatic rings. The molecule has 0 fully saturated rings. The Bertz CT molecular complexity index is 723. The predicted molar refractivity (Wildman–Crippen MR) is 92.2 cm³/mol. The second kappa shape index (κ2) is 8.15. The van der Waals surface area contributed by atoms with Crippen molar-refractivity contribution in [2.24, 2.45) is 0 Å². The Morgan fingerprint density at radius 1 is 1.04 bits per heavy atom. The van der Waals surface area contributed by atoms with Crippen molar-refractivity contribution in [2.45, 2.75) is 20.3 Å². The quantitative estimate of drug-likeness (QED) is 0.828. The van der Waals surface area contributed by atoms with E-state index >= 15 is 0 Å². The number of methoxy groups -OCH3 is 1. The number of benzene rings is 2. The first-order valence-electron chi connectivity index (χ1n) is 7.63. The van der Waals surface area contributed by atoms with Gasteiger partial charge in [0.2, 0.25) is 0 Å². The van der Waals surface area contributed by atoms with Gasteiger partial charge in [0.25, 0.3) is 5.91 Å². The van der Waals surface area contributed by atoms with Crippen molar-refractivity contribution in [3.05, 3.63) is 59.2 Å². The van der Waals surface area contributed by atoms with Crippen LogP contribution in [0.2, 0.25) is 0 Å². The number of aryl methyl sites for hydroxylation is 2. The molecule has 5 heteroatoms. The van der Waals surface area contributed by atoms with Gasteiger partial charge >= 0.3 is 5.97 Å². The van der Waals surface area contributed by atoms with Crippen molar-refractivity contribution in [2.75, 3.05) is 19.0 Å². The summed E-state index contributed by atoms with van der Waals surface area (Å²) in [7, 11) is 1.36. The SMILES string of the molecule is COC(=O)Cc1ccc(OCC(=O)Nc2ccc(C)cc2C)cc1. The summed E-state index contributed by atoms with van der Waals surface area (Å²) in [6.45, 7) is 3.87. The van der Waals surface area contributed by atoms with Gasteiger partial charge in [0.1, 0.15) is 5.75 Å². The van der Waals surface area contributed by atoms with Gasteiger partial charge in [-0.1, -0.05) is 29.8 Å². The van der Waals surface area contributed by atoms with Crippen molar-refractivity contribution in [1.82, 2.24) is 0 Å². The molecule has 0 bridgehead atoms. The van der Waals surface area contributed by atoms with Gasteiger partial charge in [-0.25, -0.2) is 0 Å². The van der Waals surface area contributed by atoms with E-state index < -0.39 is 0 Å². The molecule has 0 radical (unpaired) electrons. The topological polar surface area (TPSA) is 64.6 Å². The van der Waals surface area contributed by atoms with E-state index in [0.29, 0.717) is 5.75 Å². The minimum Gasteiger partial charge on any atom is -0.484 e. The molecule has 0 unspecified atom stereocenters. The maximum atomic E-state index is 12.0. The van der Waals surface area contributed by atoms with Crippen LogP contribution in [0.5, 0.6) is 5.75 Å². The van der Waals surface area contributed by atoms with Crippen LogP contribution in [0.1, 0.15) is 16.7 Å². The molecule has 0 saturated carbocycles. The van der Waals surface area contributed by atoms with Gasteiger partial charge in [-0.15, -0.1) is 0 Å². The van der Waals surface area contributed by atoms with Gasteiger partial charge in [-0.3, -0.25) is 9.59 Å². The van der Waals surface area contributed by atoms with E-state index in [2.05, 4.69) is 10.1 Å². The highest BCUT2D eigenvalue weighted by Crippen LogP contribution is 2.16. The summed E-state index contributed by atoms with van der Waals surface area (Å²) in [5.74, 6) is 0.0523. The zero-order chi connectivity index (χ0) is 17.5. The Morgan fingerprint density at radius 3 is 2.38 bits per heavy atom. The Hall–Kier alpha value is -2.82. The molecule has 0 aliphatic carbocycles. The third-order valence-electron chi connectivity index (χ3n) is 3.53. The highest BCUT2D eigenvalue weighted by atomic mass is 16.5. The maximum Gasteiger partial charge on any atom is 0.309 e. The molecule has 2 rings (SSSR count). The van der Waals surface area contributed by atoms with Crippen molar-refractivity contribution >= 4 is 17.6 Å². The molecular weight excluding hydrogens is 306 g/mol. The summed E-state index contributed by atoms with van der Waals surface area (Å²) in [6, 6.07) is 12.8. The van der Waals surface area contributed by atoms with Crippen LogP contribution in [0.3, 0.4) is 0 Å². The number of hydrogen-bond acceptors (Lipinski definition) is 4. The molecule has 5 nitrogen and oxygen atoms in total. The van der Waals surface area contributed by atoms with Crippen LogP contribution < -0.4 is 10.1 Å². The van der Waals surface area contributed by atoms with E-state index in [1.807, 2.05) is 32.0 Å². The summed E-state index contributed by atoms with van der Waals surface area (Å²) in [5, 5.41) is 2.83. The summed E-state index contributed by atoms with van der Waals surface area (Å²) in [6.07, 6.45) is 0.212. The summed E-state index contributed by atoms with van der Waals surface area (Å²) >= 11 is 0. The van der Waals surface area contributed by atoms with Crippen LogP contribution in [-0.4, -0.2) is 25.6 Å². The number of hydrogen-bond donors (Lipinski definition) is 1. The zero-order valence-electron chi connectivity index (χ0n) is 14.1. The molecule has 2 aromatic rings. The second-order valence-corrected chi connectivity index (χ2v) is 5.55. The average Bonchev–Trinajstić information content (AvgIpc) is 2.56. The van der Waals surface area contributed by atoms with Crippen molar-refractivity contribution in [3.63, 3.8) is 0 Å². The molecule has 1 N–H and O–H groups in total. The molecule has 126 valence electrons. The lowest BCUT2D eigenvalue weighted by atomic mass is 10.1. The summed E-state index contributed by atoms with van der Waals surface area (Å²) in [4.78, 5) is 23.2. The molecule has 0 aliphatic heterocycles. The van der Waals surface area contributed by atoms with Gasteiger partial charge in [-0.05, 0) is 43.2 Å². The first-order valence-corrected chi connectivity index (χ1v) is 7.63. The van der Waals surface area contributed by atoms with Crippen molar-refractivity contribution in [3.8, 4) is 5.75 Å². The molecule has 0 saturated heterocycles. The lowest BCUT2D eigenvalue weighted by Gasteiger charge is -2.10.